The summed E-state index contributed by atoms with van der Waals surface area (Å²) in [6.45, 7) is 0.344. The summed E-state index contributed by atoms with van der Waals surface area (Å²) in [6, 6.07) is 10.7. The van der Waals surface area contributed by atoms with Crippen LogP contribution in [0.25, 0.3) is 0 Å². The lowest BCUT2D eigenvalue weighted by Gasteiger charge is -2.24. The Morgan fingerprint density at radius 3 is 2.81 bits per heavy atom. The zero-order valence-electron chi connectivity index (χ0n) is 15.4. The van der Waals surface area contributed by atoms with Gasteiger partial charge in [-0.3, -0.25) is 4.79 Å². The number of methoxy groups -OCH3 is 1. The lowest BCUT2D eigenvalue weighted by molar-refractivity contribution is 0.0950. The Morgan fingerprint density at radius 1 is 1.33 bits per heavy atom. The highest BCUT2D eigenvalue weighted by atomic mass is 32.2. The van der Waals surface area contributed by atoms with Crippen LogP contribution in [0.2, 0.25) is 0 Å². The number of sulfone groups is 1. The number of pyridine rings is 1. The van der Waals surface area contributed by atoms with E-state index in [-0.39, 0.29) is 23.5 Å². The van der Waals surface area contributed by atoms with Gasteiger partial charge in [-0.05, 0) is 24.6 Å². The third-order valence-corrected chi connectivity index (χ3v) is 6.51. The van der Waals surface area contributed by atoms with Crippen LogP contribution in [-0.2, 0) is 16.4 Å². The summed E-state index contributed by atoms with van der Waals surface area (Å²) in [6.07, 6.45) is 2.14. The Hall–Kier alpha value is -2.61. The zero-order chi connectivity index (χ0) is 19.4. The van der Waals surface area contributed by atoms with E-state index in [1.807, 2.05) is 36.2 Å². The van der Waals surface area contributed by atoms with Gasteiger partial charge in [-0.1, -0.05) is 18.2 Å². The molecule has 1 aromatic carbocycles. The quantitative estimate of drug-likeness (QED) is 0.808. The van der Waals surface area contributed by atoms with E-state index in [9.17, 15) is 13.2 Å². The molecule has 1 unspecified atom stereocenters. The van der Waals surface area contributed by atoms with E-state index < -0.39 is 9.84 Å². The fourth-order valence-electron chi connectivity index (χ4n) is 3.15. The second-order valence-electron chi connectivity index (χ2n) is 6.57. The van der Waals surface area contributed by atoms with E-state index in [2.05, 4.69) is 10.3 Å². The number of hydrogen-bond donors (Lipinski definition) is 1. The second kappa shape index (κ2) is 7.96. The van der Waals surface area contributed by atoms with Crippen molar-refractivity contribution in [2.45, 2.75) is 19.0 Å². The van der Waals surface area contributed by atoms with Crippen molar-refractivity contribution < 1.29 is 17.9 Å². The maximum atomic E-state index is 12.5. The van der Waals surface area contributed by atoms with Gasteiger partial charge in [0.05, 0.1) is 18.6 Å². The Kier molecular flexibility index (Phi) is 5.65. The first-order valence-corrected chi connectivity index (χ1v) is 10.5. The molecule has 2 aromatic rings. The monoisotopic (exact) mass is 389 g/mol. The van der Waals surface area contributed by atoms with Crippen molar-refractivity contribution in [1.29, 1.82) is 0 Å². The lowest BCUT2D eigenvalue weighted by Crippen LogP contribution is -2.33. The van der Waals surface area contributed by atoms with E-state index in [4.69, 9.17) is 4.74 Å². The molecule has 1 aliphatic heterocycles. The number of benzene rings is 1. The van der Waals surface area contributed by atoms with Gasteiger partial charge in [0.2, 0.25) is 0 Å². The Bertz CT molecular complexity index is 930. The molecular weight excluding hydrogens is 366 g/mol. The molecule has 144 valence electrons. The van der Waals surface area contributed by atoms with Crippen LogP contribution in [0.3, 0.4) is 0 Å². The molecule has 0 radical (unpaired) electrons. The van der Waals surface area contributed by atoms with Gasteiger partial charge in [-0.25, -0.2) is 13.4 Å². The van der Waals surface area contributed by atoms with Crippen LogP contribution in [0, 0.1) is 0 Å². The molecule has 0 bridgehead atoms. The number of hydrogen-bond acceptors (Lipinski definition) is 6. The third-order valence-electron chi connectivity index (χ3n) is 4.76. The van der Waals surface area contributed by atoms with Crippen LogP contribution >= 0.6 is 0 Å². The first-order valence-electron chi connectivity index (χ1n) is 8.69. The standard InChI is InChI=1S/C19H23N3O4S/c1-22(16-8-10-27(24,25)13-16)18-11-14(7-9-20-18)19(23)21-12-15-5-3-4-6-17(15)26-2/h3-7,9,11,16H,8,10,12-13H2,1-2H3,(H,21,23). The average molecular weight is 389 g/mol. The van der Waals surface area contributed by atoms with Crippen LogP contribution in [-0.4, -0.2) is 51.0 Å². The number of ether oxygens (including phenoxy) is 1. The average Bonchev–Trinajstić information content (AvgIpc) is 3.05. The number of para-hydroxylation sites is 1. The van der Waals surface area contributed by atoms with Crippen LogP contribution in [0.15, 0.2) is 42.6 Å². The molecule has 3 rings (SSSR count). The molecule has 0 spiro atoms. The number of amides is 1. The number of carbonyl (C=O) groups excluding carboxylic acids is 1. The number of carbonyl (C=O) groups is 1. The van der Waals surface area contributed by atoms with Gasteiger partial charge in [-0.2, -0.15) is 0 Å². The molecule has 1 atom stereocenters. The van der Waals surface area contributed by atoms with Crippen LogP contribution in [0.5, 0.6) is 5.75 Å². The molecule has 1 N–H and O–H groups in total. The Morgan fingerprint density at radius 2 is 2.11 bits per heavy atom. The van der Waals surface area contributed by atoms with Crippen molar-refractivity contribution >= 4 is 21.6 Å². The fraction of sp³-hybridized carbons (Fsp3) is 0.368. The van der Waals surface area contributed by atoms with Crippen molar-refractivity contribution in [3.8, 4) is 5.75 Å². The maximum absolute atomic E-state index is 12.5. The number of rotatable bonds is 6. The van der Waals surface area contributed by atoms with Gasteiger partial charge < -0.3 is 15.0 Å². The molecule has 1 aromatic heterocycles. The summed E-state index contributed by atoms with van der Waals surface area (Å²) in [5.74, 6) is 1.39. The summed E-state index contributed by atoms with van der Waals surface area (Å²) in [5.41, 5.74) is 1.36. The first kappa shape index (κ1) is 19.2. The minimum Gasteiger partial charge on any atom is -0.496 e. The van der Waals surface area contributed by atoms with Gasteiger partial charge in [0.1, 0.15) is 11.6 Å². The minimum absolute atomic E-state index is 0.116. The fourth-order valence-corrected chi connectivity index (χ4v) is 4.92. The molecule has 0 saturated carbocycles. The number of nitrogens with zero attached hydrogens (tertiary/aromatic N) is 2. The Labute approximate surface area is 159 Å². The molecule has 7 nitrogen and oxygen atoms in total. The molecule has 1 aliphatic rings. The first-order chi connectivity index (χ1) is 12.9. The normalized spacial score (nSPS) is 18.1. The SMILES string of the molecule is COc1ccccc1CNC(=O)c1ccnc(N(C)C2CCS(=O)(=O)C2)c1. The molecule has 8 heteroatoms. The van der Waals surface area contributed by atoms with Crippen molar-refractivity contribution in [2.24, 2.45) is 0 Å². The van der Waals surface area contributed by atoms with Crippen LogP contribution < -0.4 is 15.0 Å². The molecule has 1 saturated heterocycles. The number of nitrogens with one attached hydrogen (secondary N) is 1. The molecule has 1 fully saturated rings. The van der Waals surface area contributed by atoms with Crippen LogP contribution in [0.4, 0.5) is 5.82 Å². The summed E-state index contributed by atoms with van der Waals surface area (Å²) in [5, 5.41) is 2.88. The molecule has 1 amide bonds. The highest BCUT2D eigenvalue weighted by molar-refractivity contribution is 7.91. The summed E-state index contributed by atoms with van der Waals surface area (Å²) >= 11 is 0. The summed E-state index contributed by atoms with van der Waals surface area (Å²) in [7, 11) is 0.421. The topological polar surface area (TPSA) is 88.6 Å². The highest BCUT2D eigenvalue weighted by Gasteiger charge is 2.31. The minimum atomic E-state index is -2.98. The third kappa shape index (κ3) is 4.57. The van der Waals surface area contributed by atoms with Gasteiger partial charge in [0.25, 0.3) is 5.91 Å². The van der Waals surface area contributed by atoms with E-state index in [1.165, 1.54) is 0 Å². The van der Waals surface area contributed by atoms with Gasteiger partial charge in [0, 0.05) is 37.0 Å². The van der Waals surface area contributed by atoms with E-state index in [0.29, 0.717) is 24.3 Å². The van der Waals surface area contributed by atoms with Gasteiger partial charge in [0.15, 0.2) is 9.84 Å². The van der Waals surface area contributed by atoms with Gasteiger partial charge >= 0.3 is 0 Å². The summed E-state index contributed by atoms with van der Waals surface area (Å²) in [4.78, 5) is 18.6. The Balaban J connectivity index is 1.68. The largest absolute Gasteiger partial charge is 0.496 e. The maximum Gasteiger partial charge on any atom is 0.251 e. The molecular formula is C19H23N3O4S. The van der Waals surface area contributed by atoms with E-state index >= 15 is 0 Å². The van der Waals surface area contributed by atoms with Crippen molar-refractivity contribution in [3.63, 3.8) is 0 Å². The zero-order valence-corrected chi connectivity index (χ0v) is 16.2. The van der Waals surface area contributed by atoms with E-state index in [0.717, 1.165) is 11.3 Å². The van der Waals surface area contributed by atoms with Crippen LogP contribution in [0.1, 0.15) is 22.3 Å². The van der Waals surface area contributed by atoms with E-state index in [1.54, 1.807) is 25.4 Å². The van der Waals surface area contributed by atoms with Crippen molar-refractivity contribution in [3.05, 3.63) is 53.7 Å². The lowest BCUT2D eigenvalue weighted by atomic mass is 10.1. The predicted molar refractivity (Wildman–Crippen MR) is 104 cm³/mol. The molecule has 0 aliphatic carbocycles. The van der Waals surface area contributed by atoms with Gasteiger partial charge in [-0.15, -0.1) is 0 Å². The highest BCUT2D eigenvalue weighted by Crippen LogP contribution is 2.22. The van der Waals surface area contributed by atoms with Crippen molar-refractivity contribution in [2.75, 3.05) is 30.6 Å². The number of aromatic nitrogens is 1. The molecule has 27 heavy (non-hydrogen) atoms. The van der Waals surface area contributed by atoms with Crippen molar-refractivity contribution in [1.82, 2.24) is 10.3 Å². The molecule has 2 heterocycles. The number of anilines is 1. The smallest absolute Gasteiger partial charge is 0.251 e. The summed E-state index contributed by atoms with van der Waals surface area (Å²) < 4.78 is 28.7. The predicted octanol–water partition coefficient (Wildman–Crippen LogP) is 1.64. The second-order valence-corrected chi connectivity index (χ2v) is 8.79.